The van der Waals surface area contributed by atoms with Gasteiger partial charge in [-0.05, 0) is 0 Å². The summed E-state index contributed by atoms with van der Waals surface area (Å²) in [6, 6.07) is 0. The van der Waals surface area contributed by atoms with E-state index in [9.17, 15) is 0 Å². The molecule has 2 rings (SSSR count). The van der Waals surface area contributed by atoms with Crippen LogP contribution in [0.5, 0.6) is 0 Å². The molecule has 0 aromatic heterocycles. The summed E-state index contributed by atoms with van der Waals surface area (Å²) in [5.41, 5.74) is 0. The van der Waals surface area contributed by atoms with Gasteiger partial charge in [-0.15, -0.1) is 23.2 Å². The fourth-order valence-corrected chi connectivity index (χ4v) is 1.49. The molecule has 0 spiro atoms. The predicted octanol–water partition coefficient (Wildman–Crippen LogP) is 1.03. The van der Waals surface area contributed by atoms with Crippen LogP contribution in [0.15, 0.2) is 0 Å². The van der Waals surface area contributed by atoms with Gasteiger partial charge in [0.1, 0.15) is 12.2 Å². The van der Waals surface area contributed by atoms with E-state index >= 15 is 0 Å². The Balaban J connectivity index is 1.46. The first-order valence-electron chi connectivity index (χ1n) is 5.42. The second-order valence-electron chi connectivity index (χ2n) is 4.02. The van der Waals surface area contributed by atoms with Crippen molar-refractivity contribution in [3.8, 4) is 0 Å². The van der Waals surface area contributed by atoms with E-state index in [-0.39, 0.29) is 23.0 Å². The Morgan fingerprint density at radius 2 is 1.31 bits per heavy atom. The summed E-state index contributed by atoms with van der Waals surface area (Å²) in [4.78, 5) is 0. The second kappa shape index (κ2) is 6.38. The van der Waals surface area contributed by atoms with E-state index in [1.54, 1.807) is 0 Å². The Hall–Kier alpha value is 0.420. The quantitative estimate of drug-likeness (QED) is 0.464. The highest BCUT2D eigenvalue weighted by Crippen LogP contribution is 2.15. The van der Waals surface area contributed by atoms with Crippen LogP contribution in [0, 0.1) is 0 Å². The average Bonchev–Trinajstić information content (AvgIpc) is 3.12. The van der Waals surface area contributed by atoms with Crippen LogP contribution in [0.2, 0.25) is 0 Å². The van der Waals surface area contributed by atoms with Crippen molar-refractivity contribution < 1.29 is 18.9 Å². The number of rotatable bonds is 9. The molecule has 0 N–H and O–H groups in total. The number of hydrogen-bond donors (Lipinski definition) is 0. The van der Waals surface area contributed by atoms with Crippen molar-refractivity contribution in [2.75, 3.05) is 39.6 Å². The van der Waals surface area contributed by atoms with Crippen LogP contribution in [-0.4, -0.2) is 62.6 Å². The lowest BCUT2D eigenvalue weighted by atomic mass is 10.3. The van der Waals surface area contributed by atoms with Gasteiger partial charge in [-0.3, -0.25) is 0 Å². The van der Waals surface area contributed by atoms with Gasteiger partial charge in [0, 0.05) is 0 Å². The fourth-order valence-electron chi connectivity index (χ4n) is 1.16. The van der Waals surface area contributed by atoms with Crippen LogP contribution in [0.3, 0.4) is 0 Å². The van der Waals surface area contributed by atoms with E-state index in [1.807, 2.05) is 0 Å². The standard InChI is InChI=1S/C10H16Cl2O4/c11-9(5-13-1-7-3-15-7)10(12)6-14-2-8-4-16-8/h7-10H,1-6H2. The maximum Gasteiger partial charge on any atom is 0.104 e. The molecule has 0 aromatic rings. The van der Waals surface area contributed by atoms with E-state index in [2.05, 4.69) is 0 Å². The Morgan fingerprint density at radius 1 is 0.938 bits per heavy atom. The molecule has 0 aliphatic carbocycles. The largest absolute Gasteiger partial charge is 0.377 e. The molecule has 0 amide bonds. The molecule has 4 atom stereocenters. The number of epoxide rings is 2. The molecular weight excluding hydrogens is 255 g/mol. The molecule has 0 saturated carbocycles. The van der Waals surface area contributed by atoms with Crippen molar-refractivity contribution in [1.29, 1.82) is 0 Å². The fraction of sp³-hybridized carbons (Fsp3) is 1.00. The minimum atomic E-state index is -0.236. The van der Waals surface area contributed by atoms with Crippen molar-refractivity contribution in [3.05, 3.63) is 0 Å². The number of hydrogen-bond acceptors (Lipinski definition) is 4. The zero-order valence-electron chi connectivity index (χ0n) is 8.94. The maximum atomic E-state index is 6.06. The van der Waals surface area contributed by atoms with Gasteiger partial charge in [-0.2, -0.15) is 0 Å². The second-order valence-corrected chi connectivity index (χ2v) is 5.14. The molecule has 0 aromatic carbocycles. The van der Waals surface area contributed by atoms with E-state index in [4.69, 9.17) is 42.1 Å². The smallest absolute Gasteiger partial charge is 0.104 e. The minimum absolute atomic E-state index is 0.236. The zero-order chi connectivity index (χ0) is 11.4. The lowest BCUT2D eigenvalue weighted by molar-refractivity contribution is 0.0923. The van der Waals surface area contributed by atoms with Crippen LogP contribution in [0.1, 0.15) is 0 Å². The first-order valence-corrected chi connectivity index (χ1v) is 6.30. The van der Waals surface area contributed by atoms with E-state index in [1.165, 1.54) is 0 Å². The summed E-state index contributed by atoms with van der Waals surface area (Å²) in [7, 11) is 0. The normalized spacial score (nSPS) is 31.1. The molecule has 2 fully saturated rings. The first kappa shape index (κ1) is 12.9. The third kappa shape index (κ3) is 5.17. The highest BCUT2D eigenvalue weighted by molar-refractivity contribution is 6.30. The monoisotopic (exact) mass is 270 g/mol. The molecule has 2 aliphatic heterocycles. The topological polar surface area (TPSA) is 43.5 Å². The predicted molar refractivity (Wildman–Crippen MR) is 60.4 cm³/mol. The van der Waals surface area contributed by atoms with Gasteiger partial charge in [-0.25, -0.2) is 0 Å². The van der Waals surface area contributed by atoms with Gasteiger partial charge >= 0.3 is 0 Å². The van der Waals surface area contributed by atoms with Gasteiger partial charge < -0.3 is 18.9 Å². The number of alkyl halides is 2. The molecule has 2 heterocycles. The summed E-state index contributed by atoms with van der Waals surface area (Å²) >= 11 is 12.1. The van der Waals surface area contributed by atoms with Crippen molar-refractivity contribution in [3.63, 3.8) is 0 Å². The summed E-state index contributed by atoms with van der Waals surface area (Å²) in [6.07, 6.45) is 0.529. The molecule has 94 valence electrons. The van der Waals surface area contributed by atoms with Gasteiger partial charge in [0.15, 0.2) is 0 Å². The molecule has 16 heavy (non-hydrogen) atoms. The highest BCUT2D eigenvalue weighted by atomic mass is 35.5. The third-order valence-electron chi connectivity index (χ3n) is 2.36. The Labute approximate surface area is 105 Å². The van der Waals surface area contributed by atoms with Crippen LogP contribution in [-0.2, 0) is 18.9 Å². The Bertz CT molecular complexity index is 187. The average molecular weight is 271 g/mol. The van der Waals surface area contributed by atoms with E-state index in [0.29, 0.717) is 26.4 Å². The Kier molecular flexibility index (Phi) is 5.13. The van der Waals surface area contributed by atoms with Crippen molar-refractivity contribution in [1.82, 2.24) is 0 Å². The molecule has 2 aliphatic rings. The molecule has 0 bridgehead atoms. The molecule has 6 heteroatoms. The van der Waals surface area contributed by atoms with Crippen LogP contribution >= 0.6 is 23.2 Å². The summed E-state index contributed by atoms with van der Waals surface area (Å²) in [5, 5.41) is -0.471. The summed E-state index contributed by atoms with van der Waals surface area (Å²) in [6.45, 7) is 3.65. The minimum Gasteiger partial charge on any atom is -0.377 e. The summed E-state index contributed by atoms with van der Waals surface area (Å²) in [5.74, 6) is 0. The van der Waals surface area contributed by atoms with E-state index < -0.39 is 0 Å². The zero-order valence-corrected chi connectivity index (χ0v) is 10.5. The van der Waals surface area contributed by atoms with Gasteiger partial charge in [0.05, 0.1) is 50.4 Å². The molecule has 2 saturated heterocycles. The number of halogens is 2. The first-order chi connectivity index (χ1) is 7.75. The van der Waals surface area contributed by atoms with Crippen molar-refractivity contribution >= 4 is 23.2 Å². The number of ether oxygens (including phenoxy) is 4. The van der Waals surface area contributed by atoms with Crippen molar-refractivity contribution in [2.45, 2.75) is 23.0 Å². The van der Waals surface area contributed by atoms with Gasteiger partial charge in [0.2, 0.25) is 0 Å². The molecule has 4 unspecified atom stereocenters. The highest BCUT2D eigenvalue weighted by Gasteiger charge is 2.25. The maximum absolute atomic E-state index is 6.06. The lowest BCUT2D eigenvalue weighted by Crippen LogP contribution is -2.27. The summed E-state index contributed by atoms with van der Waals surface area (Å²) < 4.78 is 20.7. The van der Waals surface area contributed by atoms with Crippen molar-refractivity contribution in [2.24, 2.45) is 0 Å². The SMILES string of the molecule is ClC(COCC1CO1)C(Cl)COCC1CO1. The lowest BCUT2D eigenvalue weighted by Gasteiger charge is -2.15. The van der Waals surface area contributed by atoms with Gasteiger partial charge in [0.25, 0.3) is 0 Å². The molecule has 0 radical (unpaired) electrons. The molecular formula is C10H16Cl2O4. The van der Waals surface area contributed by atoms with Gasteiger partial charge in [-0.1, -0.05) is 0 Å². The van der Waals surface area contributed by atoms with E-state index in [0.717, 1.165) is 13.2 Å². The van der Waals surface area contributed by atoms with Crippen LogP contribution in [0.25, 0.3) is 0 Å². The Morgan fingerprint density at radius 3 is 1.62 bits per heavy atom. The third-order valence-corrected chi connectivity index (χ3v) is 3.35. The molecule has 4 nitrogen and oxygen atoms in total. The van der Waals surface area contributed by atoms with Crippen LogP contribution < -0.4 is 0 Å². The van der Waals surface area contributed by atoms with Crippen LogP contribution in [0.4, 0.5) is 0 Å².